The lowest BCUT2D eigenvalue weighted by molar-refractivity contribution is -0.119. The van der Waals surface area contributed by atoms with Crippen LogP contribution in [0.2, 0.25) is 0 Å². The van der Waals surface area contributed by atoms with Crippen LogP contribution in [0.15, 0.2) is 18.6 Å². The number of nitrogens with zero attached hydrogens (tertiary/aromatic N) is 4. The largest absolute Gasteiger partial charge is 0.346 e. The van der Waals surface area contributed by atoms with E-state index in [0.717, 1.165) is 24.3 Å². The van der Waals surface area contributed by atoms with Crippen molar-refractivity contribution in [3.8, 4) is 11.3 Å². The van der Waals surface area contributed by atoms with Gasteiger partial charge in [-0.3, -0.25) is 9.69 Å². The molecule has 1 saturated heterocycles. The zero-order valence-corrected chi connectivity index (χ0v) is 22.3. The van der Waals surface area contributed by atoms with Crippen LogP contribution in [0.25, 0.3) is 27.1 Å². The van der Waals surface area contributed by atoms with Crippen molar-refractivity contribution in [1.29, 1.82) is 0 Å². The molecule has 1 N–H and O–H groups in total. The first kappa shape index (κ1) is 22.9. The van der Waals surface area contributed by atoms with Gasteiger partial charge in [-0.05, 0) is 99.6 Å². The Morgan fingerprint density at radius 3 is 2.69 bits per heavy atom. The molecule has 7 heteroatoms. The van der Waals surface area contributed by atoms with E-state index in [2.05, 4.69) is 59.9 Å². The third-order valence-corrected chi connectivity index (χ3v) is 9.85. The maximum absolute atomic E-state index is 11.5. The number of rotatable bonds is 5. The first-order valence-electron chi connectivity index (χ1n) is 12.9. The fourth-order valence-electron chi connectivity index (χ4n) is 6.75. The van der Waals surface area contributed by atoms with Gasteiger partial charge in [-0.25, -0.2) is 9.50 Å². The molecule has 0 radical (unpaired) electrons. The van der Waals surface area contributed by atoms with Gasteiger partial charge in [-0.15, -0.1) is 11.3 Å². The lowest BCUT2D eigenvalue weighted by Gasteiger charge is -2.52. The Labute approximate surface area is 210 Å². The van der Waals surface area contributed by atoms with Crippen molar-refractivity contribution in [2.24, 2.45) is 5.41 Å². The number of carbonyl (C=O) groups is 1. The minimum Gasteiger partial charge on any atom is -0.346 e. The smallest absolute Gasteiger partial charge is 0.158 e. The van der Waals surface area contributed by atoms with Crippen LogP contribution in [0.3, 0.4) is 0 Å². The number of likely N-dealkylation sites (tertiary alicyclic amines) is 1. The van der Waals surface area contributed by atoms with Gasteiger partial charge < -0.3 is 4.98 Å². The summed E-state index contributed by atoms with van der Waals surface area (Å²) in [7, 11) is 0. The molecule has 2 fully saturated rings. The summed E-state index contributed by atoms with van der Waals surface area (Å²) < 4.78 is 1.89. The van der Waals surface area contributed by atoms with Crippen molar-refractivity contribution in [2.45, 2.75) is 72.1 Å². The van der Waals surface area contributed by atoms with Gasteiger partial charge in [0.1, 0.15) is 16.9 Å². The number of hydrogen-bond acceptors (Lipinski definition) is 5. The number of aryl methyl sites for hydroxylation is 2. The SMILES string of the molecule is CC(=O)CN1CCC2(CC1)CC(c1sc3[nH]c(-c4cc(C)c5ncnn5c4)c(C(C)C)c3c1C)C2. The lowest BCUT2D eigenvalue weighted by Crippen LogP contribution is -2.47. The molecule has 0 unspecified atom stereocenters. The Kier molecular flexibility index (Phi) is 5.42. The van der Waals surface area contributed by atoms with Gasteiger partial charge in [0.2, 0.25) is 0 Å². The Morgan fingerprint density at radius 1 is 1.26 bits per heavy atom. The van der Waals surface area contributed by atoms with Crippen LogP contribution in [0, 0.1) is 19.3 Å². The molecular formula is C28H35N5OS. The summed E-state index contributed by atoms with van der Waals surface area (Å²) in [6.45, 7) is 13.5. The zero-order valence-electron chi connectivity index (χ0n) is 21.4. The molecular weight excluding hydrogens is 454 g/mol. The lowest BCUT2D eigenvalue weighted by atomic mass is 9.57. The van der Waals surface area contributed by atoms with Crippen LogP contribution in [-0.2, 0) is 4.79 Å². The number of aromatic amines is 1. The van der Waals surface area contributed by atoms with Crippen LogP contribution < -0.4 is 0 Å². The third-order valence-electron chi connectivity index (χ3n) is 8.48. The highest BCUT2D eigenvalue weighted by Gasteiger charge is 2.47. The molecule has 4 aromatic heterocycles. The predicted octanol–water partition coefficient (Wildman–Crippen LogP) is 6.23. The van der Waals surface area contributed by atoms with Gasteiger partial charge in [0.25, 0.3) is 0 Å². The van der Waals surface area contributed by atoms with Gasteiger partial charge in [-0.1, -0.05) is 13.8 Å². The standard InChI is InChI=1S/C28H35N5OS/c1-16(2)22-23-19(5)25(21-11-28(12-21)6-8-32(9-7-28)13-18(4)34)35-27(23)31-24(22)20-10-17(3)26-29-15-30-33(26)14-20/h10,14-16,21,31H,6-9,11-13H2,1-5H3. The predicted molar refractivity (Wildman–Crippen MR) is 142 cm³/mol. The second-order valence-corrected chi connectivity index (χ2v) is 12.4. The van der Waals surface area contributed by atoms with Crippen molar-refractivity contribution < 1.29 is 4.79 Å². The molecule has 0 bridgehead atoms. The fraction of sp³-hybridized carbons (Fsp3) is 0.536. The van der Waals surface area contributed by atoms with E-state index >= 15 is 0 Å². The fourth-order valence-corrected chi connectivity index (χ4v) is 8.08. The molecule has 1 aliphatic carbocycles. The molecule has 1 spiro atoms. The molecule has 1 aliphatic heterocycles. The van der Waals surface area contributed by atoms with E-state index in [1.165, 1.54) is 58.3 Å². The summed E-state index contributed by atoms with van der Waals surface area (Å²) in [5, 5.41) is 5.82. The van der Waals surface area contributed by atoms with Crippen molar-refractivity contribution in [3.63, 3.8) is 0 Å². The topological polar surface area (TPSA) is 66.3 Å². The maximum Gasteiger partial charge on any atom is 0.158 e. The van der Waals surface area contributed by atoms with Crippen LogP contribution in [0.1, 0.15) is 79.9 Å². The van der Waals surface area contributed by atoms with Gasteiger partial charge in [-0.2, -0.15) is 5.10 Å². The molecule has 184 valence electrons. The van der Waals surface area contributed by atoms with Crippen LogP contribution >= 0.6 is 11.3 Å². The summed E-state index contributed by atoms with van der Waals surface area (Å²) in [6.07, 6.45) is 8.81. The highest BCUT2D eigenvalue weighted by Crippen LogP contribution is 2.59. The molecule has 1 saturated carbocycles. The van der Waals surface area contributed by atoms with Gasteiger partial charge in [0.05, 0.1) is 12.2 Å². The van der Waals surface area contributed by atoms with Crippen LogP contribution in [0.5, 0.6) is 0 Å². The van der Waals surface area contributed by atoms with E-state index in [0.29, 0.717) is 23.8 Å². The summed E-state index contributed by atoms with van der Waals surface area (Å²) >= 11 is 1.98. The molecule has 5 heterocycles. The number of piperidine rings is 1. The Balaban J connectivity index is 1.29. The number of Topliss-reactive ketones (excluding diaryl/α,β-unsaturated/α-hetero) is 1. The second-order valence-electron chi connectivity index (χ2n) is 11.4. The maximum atomic E-state index is 11.5. The summed E-state index contributed by atoms with van der Waals surface area (Å²) in [5.41, 5.74) is 7.84. The summed E-state index contributed by atoms with van der Waals surface area (Å²) in [5.74, 6) is 1.38. The molecule has 0 atom stereocenters. The number of nitrogens with one attached hydrogen (secondary N) is 1. The van der Waals surface area contributed by atoms with E-state index in [4.69, 9.17) is 0 Å². The van der Waals surface area contributed by atoms with Crippen molar-refractivity contribution in [3.05, 3.63) is 40.2 Å². The van der Waals surface area contributed by atoms with Gasteiger partial charge in [0, 0.05) is 22.0 Å². The molecule has 6 rings (SSSR count). The Bertz CT molecular complexity index is 1420. The number of ketones is 1. The minimum atomic E-state index is 0.286. The highest BCUT2D eigenvalue weighted by molar-refractivity contribution is 7.19. The third kappa shape index (κ3) is 3.75. The molecule has 6 nitrogen and oxygen atoms in total. The van der Waals surface area contributed by atoms with E-state index in [1.807, 2.05) is 15.9 Å². The number of thiophene rings is 1. The molecule has 35 heavy (non-hydrogen) atoms. The Hall–Kier alpha value is -2.51. The Morgan fingerprint density at radius 2 is 2.00 bits per heavy atom. The van der Waals surface area contributed by atoms with E-state index in [1.54, 1.807) is 18.1 Å². The highest BCUT2D eigenvalue weighted by atomic mass is 32.1. The summed E-state index contributed by atoms with van der Waals surface area (Å²) in [6, 6.07) is 2.23. The number of H-pyrrole nitrogens is 1. The number of aromatic nitrogens is 4. The molecule has 0 amide bonds. The first-order chi connectivity index (χ1) is 16.7. The van der Waals surface area contributed by atoms with Crippen molar-refractivity contribution in [1.82, 2.24) is 24.5 Å². The van der Waals surface area contributed by atoms with Crippen LogP contribution in [0.4, 0.5) is 0 Å². The first-order valence-corrected chi connectivity index (χ1v) is 13.7. The van der Waals surface area contributed by atoms with E-state index < -0.39 is 0 Å². The second kappa shape index (κ2) is 8.27. The van der Waals surface area contributed by atoms with E-state index in [9.17, 15) is 4.79 Å². The normalized spacial score (nSPS) is 18.8. The number of hydrogen-bond donors (Lipinski definition) is 1. The molecule has 4 aromatic rings. The van der Waals surface area contributed by atoms with Crippen molar-refractivity contribution >= 4 is 33.0 Å². The van der Waals surface area contributed by atoms with Crippen molar-refractivity contribution in [2.75, 3.05) is 19.6 Å². The zero-order chi connectivity index (χ0) is 24.5. The minimum absolute atomic E-state index is 0.286. The van der Waals surface area contributed by atoms with Gasteiger partial charge in [0.15, 0.2) is 5.65 Å². The average Bonchev–Trinajstić information content (AvgIpc) is 3.47. The average molecular weight is 490 g/mol. The molecule has 0 aromatic carbocycles. The number of pyridine rings is 1. The number of carbonyl (C=O) groups excluding carboxylic acids is 1. The number of fused-ring (bicyclic) bond motifs is 2. The monoisotopic (exact) mass is 489 g/mol. The summed E-state index contributed by atoms with van der Waals surface area (Å²) in [4.78, 5) is 24.9. The van der Waals surface area contributed by atoms with Gasteiger partial charge >= 0.3 is 0 Å². The van der Waals surface area contributed by atoms with Crippen LogP contribution in [-0.4, -0.2) is 49.9 Å². The molecule has 2 aliphatic rings. The quantitative estimate of drug-likeness (QED) is 0.361. The van der Waals surface area contributed by atoms with E-state index in [-0.39, 0.29) is 5.78 Å².